The van der Waals surface area contributed by atoms with Crippen LogP contribution >= 0.6 is 0 Å². The highest BCUT2D eigenvalue weighted by Crippen LogP contribution is 2.42. The Hall–Kier alpha value is -3.42. The summed E-state index contributed by atoms with van der Waals surface area (Å²) in [5, 5.41) is 3.04. The van der Waals surface area contributed by atoms with Crippen LogP contribution in [-0.4, -0.2) is 57.4 Å². The third kappa shape index (κ3) is 4.55. The fourth-order valence-electron chi connectivity index (χ4n) is 4.40. The van der Waals surface area contributed by atoms with E-state index in [4.69, 9.17) is 18.9 Å². The van der Waals surface area contributed by atoms with E-state index in [0.29, 0.717) is 54.1 Å². The zero-order valence-corrected chi connectivity index (χ0v) is 19.4. The summed E-state index contributed by atoms with van der Waals surface area (Å²) in [5.74, 6) is 1.81. The van der Waals surface area contributed by atoms with Crippen LogP contribution in [0.3, 0.4) is 0 Å². The van der Waals surface area contributed by atoms with Gasteiger partial charge in [-0.2, -0.15) is 0 Å². The molecule has 2 atom stereocenters. The highest BCUT2D eigenvalue weighted by molar-refractivity contribution is 5.96. The number of methoxy groups -OCH3 is 2. The molecule has 2 amide bonds. The third-order valence-corrected chi connectivity index (χ3v) is 6.08. The second-order valence-corrected chi connectivity index (χ2v) is 8.71. The van der Waals surface area contributed by atoms with Crippen LogP contribution < -0.4 is 24.3 Å². The number of para-hydroxylation sites is 1. The Bertz CT molecular complexity index is 1040. The normalized spacial score (nSPS) is 19.0. The summed E-state index contributed by atoms with van der Waals surface area (Å²) in [6.45, 7) is 5.51. The van der Waals surface area contributed by atoms with Gasteiger partial charge in [-0.25, -0.2) is 0 Å². The van der Waals surface area contributed by atoms with Gasteiger partial charge in [0.25, 0.3) is 5.91 Å². The Kier molecular flexibility index (Phi) is 6.62. The molecular weight excluding hydrogens is 424 g/mol. The third-order valence-electron chi connectivity index (χ3n) is 6.08. The van der Waals surface area contributed by atoms with Gasteiger partial charge in [-0.05, 0) is 30.2 Å². The van der Waals surface area contributed by atoms with Crippen LogP contribution in [0.5, 0.6) is 23.0 Å². The lowest BCUT2D eigenvalue weighted by Gasteiger charge is -2.22. The first kappa shape index (κ1) is 22.8. The lowest BCUT2D eigenvalue weighted by atomic mass is 9.87. The van der Waals surface area contributed by atoms with Crippen molar-refractivity contribution in [3.05, 3.63) is 47.5 Å². The maximum absolute atomic E-state index is 13.4. The van der Waals surface area contributed by atoms with E-state index in [-0.39, 0.29) is 24.5 Å². The van der Waals surface area contributed by atoms with Crippen molar-refractivity contribution < 1.29 is 28.5 Å². The molecule has 2 unspecified atom stereocenters. The fraction of sp³-hybridized carbons (Fsp3) is 0.440. The summed E-state index contributed by atoms with van der Waals surface area (Å²) in [5.41, 5.74) is 1.35. The monoisotopic (exact) mass is 454 g/mol. The summed E-state index contributed by atoms with van der Waals surface area (Å²) in [4.78, 5) is 28.3. The molecule has 0 spiro atoms. The van der Waals surface area contributed by atoms with Crippen LogP contribution in [0.2, 0.25) is 0 Å². The largest absolute Gasteiger partial charge is 0.493 e. The van der Waals surface area contributed by atoms with Gasteiger partial charge >= 0.3 is 0 Å². The van der Waals surface area contributed by atoms with Crippen LogP contribution in [0.1, 0.15) is 35.7 Å². The minimum absolute atomic E-state index is 0.0699. The molecule has 2 aliphatic rings. The van der Waals surface area contributed by atoms with Crippen LogP contribution in [-0.2, 0) is 4.79 Å². The molecule has 2 aromatic carbocycles. The van der Waals surface area contributed by atoms with E-state index in [9.17, 15) is 9.59 Å². The predicted molar refractivity (Wildman–Crippen MR) is 122 cm³/mol. The quantitative estimate of drug-likeness (QED) is 0.692. The van der Waals surface area contributed by atoms with Gasteiger partial charge in [0.1, 0.15) is 0 Å². The van der Waals surface area contributed by atoms with E-state index in [1.54, 1.807) is 37.3 Å². The molecule has 0 aromatic heterocycles. The maximum atomic E-state index is 13.4. The van der Waals surface area contributed by atoms with Crippen LogP contribution in [0.15, 0.2) is 36.4 Å². The van der Waals surface area contributed by atoms with Crippen molar-refractivity contribution in [1.29, 1.82) is 0 Å². The standard InChI is InChI=1S/C25H30N2O6/c1-15(2)11-26-24(28)19-13-27(25(29)16-8-9-20-22(10-16)33-14-32-20)12-18(19)17-6-5-7-21(30-3)23(17)31-4/h5-10,15,18-19H,11-14H2,1-4H3,(H,26,28). The predicted octanol–water partition coefficient (Wildman–Crippen LogP) is 3.06. The van der Waals surface area contributed by atoms with E-state index >= 15 is 0 Å². The number of benzene rings is 2. The molecule has 4 rings (SSSR count). The number of likely N-dealkylation sites (tertiary alicyclic amines) is 1. The van der Waals surface area contributed by atoms with E-state index in [2.05, 4.69) is 5.32 Å². The first-order chi connectivity index (χ1) is 15.9. The number of hydrogen-bond acceptors (Lipinski definition) is 6. The number of carbonyl (C=O) groups is 2. The van der Waals surface area contributed by atoms with Crippen molar-refractivity contribution in [3.8, 4) is 23.0 Å². The Balaban J connectivity index is 1.64. The molecule has 2 aromatic rings. The molecule has 0 radical (unpaired) electrons. The van der Waals surface area contributed by atoms with Crippen LogP contribution in [0, 0.1) is 11.8 Å². The van der Waals surface area contributed by atoms with Crippen molar-refractivity contribution >= 4 is 11.8 Å². The fourth-order valence-corrected chi connectivity index (χ4v) is 4.40. The number of fused-ring (bicyclic) bond motifs is 1. The molecule has 0 aliphatic carbocycles. The van der Waals surface area contributed by atoms with Crippen molar-refractivity contribution in [3.63, 3.8) is 0 Å². The minimum atomic E-state index is -0.414. The second kappa shape index (κ2) is 9.60. The van der Waals surface area contributed by atoms with Gasteiger partial charge in [0.2, 0.25) is 12.7 Å². The van der Waals surface area contributed by atoms with Gasteiger partial charge in [-0.1, -0.05) is 26.0 Å². The van der Waals surface area contributed by atoms with Gasteiger partial charge in [-0.3, -0.25) is 9.59 Å². The molecule has 2 heterocycles. The minimum Gasteiger partial charge on any atom is -0.493 e. The molecule has 1 fully saturated rings. The van der Waals surface area contributed by atoms with Gasteiger partial charge in [0.15, 0.2) is 23.0 Å². The van der Waals surface area contributed by atoms with Crippen molar-refractivity contribution in [1.82, 2.24) is 10.2 Å². The summed E-state index contributed by atoms with van der Waals surface area (Å²) in [7, 11) is 3.16. The number of nitrogens with zero attached hydrogens (tertiary/aromatic N) is 1. The molecule has 33 heavy (non-hydrogen) atoms. The first-order valence-electron chi connectivity index (χ1n) is 11.1. The highest BCUT2D eigenvalue weighted by Gasteiger charge is 2.42. The van der Waals surface area contributed by atoms with E-state index < -0.39 is 5.92 Å². The number of hydrogen-bond donors (Lipinski definition) is 1. The number of rotatable bonds is 7. The van der Waals surface area contributed by atoms with E-state index in [1.165, 1.54) is 0 Å². The lowest BCUT2D eigenvalue weighted by Crippen LogP contribution is -2.37. The molecule has 0 saturated carbocycles. The van der Waals surface area contributed by atoms with Gasteiger partial charge < -0.3 is 29.2 Å². The summed E-state index contributed by atoms with van der Waals surface area (Å²) >= 11 is 0. The topological polar surface area (TPSA) is 86.3 Å². The molecule has 8 heteroatoms. The molecule has 1 saturated heterocycles. The molecule has 176 valence electrons. The Morgan fingerprint density at radius 3 is 2.61 bits per heavy atom. The number of ether oxygens (including phenoxy) is 4. The number of carbonyl (C=O) groups excluding carboxylic acids is 2. The van der Waals surface area contributed by atoms with Gasteiger partial charge in [0.05, 0.1) is 20.1 Å². The molecular formula is C25H30N2O6. The van der Waals surface area contributed by atoms with Crippen molar-refractivity contribution in [2.24, 2.45) is 11.8 Å². The van der Waals surface area contributed by atoms with Gasteiger partial charge in [0, 0.05) is 36.7 Å². The first-order valence-corrected chi connectivity index (χ1v) is 11.1. The SMILES string of the molecule is COc1cccc(C2CN(C(=O)c3ccc4c(c3)OCO4)CC2C(=O)NCC(C)C)c1OC. The Labute approximate surface area is 193 Å². The van der Waals surface area contributed by atoms with Crippen LogP contribution in [0.4, 0.5) is 0 Å². The second-order valence-electron chi connectivity index (χ2n) is 8.71. The smallest absolute Gasteiger partial charge is 0.254 e. The summed E-state index contributed by atoms with van der Waals surface area (Å²) < 4.78 is 21.9. The number of nitrogens with one attached hydrogen (secondary N) is 1. The molecule has 1 N–H and O–H groups in total. The Morgan fingerprint density at radius 2 is 1.88 bits per heavy atom. The number of amides is 2. The summed E-state index contributed by atoms with van der Waals surface area (Å²) in [6, 6.07) is 10.8. The zero-order valence-electron chi connectivity index (χ0n) is 19.4. The molecule has 0 bridgehead atoms. The van der Waals surface area contributed by atoms with Crippen molar-refractivity contribution in [2.75, 3.05) is 40.6 Å². The lowest BCUT2D eigenvalue weighted by molar-refractivity contribution is -0.125. The van der Waals surface area contributed by atoms with Gasteiger partial charge in [-0.15, -0.1) is 0 Å². The summed E-state index contributed by atoms with van der Waals surface area (Å²) in [6.07, 6.45) is 0. The zero-order chi connectivity index (χ0) is 23.5. The van der Waals surface area contributed by atoms with E-state index in [0.717, 1.165) is 5.56 Å². The average Bonchev–Trinajstić information content (AvgIpc) is 3.48. The highest BCUT2D eigenvalue weighted by atomic mass is 16.7. The molecule has 8 nitrogen and oxygen atoms in total. The molecule has 2 aliphatic heterocycles. The van der Waals surface area contributed by atoms with Crippen molar-refractivity contribution in [2.45, 2.75) is 19.8 Å². The average molecular weight is 455 g/mol. The van der Waals surface area contributed by atoms with Crippen LogP contribution in [0.25, 0.3) is 0 Å². The maximum Gasteiger partial charge on any atom is 0.254 e. The van der Waals surface area contributed by atoms with E-state index in [1.807, 2.05) is 32.0 Å². The Morgan fingerprint density at radius 1 is 1.09 bits per heavy atom.